The fraction of sp³-hybridized carbons (Fsp3) is 0.643. The molecule has 1 saturated heterocycles. The maximum Gasteiger partial charge on any atom is 0.177 e. The number of ether oxygens (including phenoxy) is 1. The molecule has 1 aromatic rings. The molecule has 20 heavy (non-hydrogen) atoms. The number of Topliss-reactive ketones (excluding diaryl/α,β-unsaturated/α-hetero) is 1. The highest BCUT2D eigenvalue weighted by Gasteiger charge is 2.29. The lowest BCUT2D eigenvalue weighted by Gasteiger charge is -2.23. The molecule has 1 aromatic heterocycles. The zero-order valence-electron chi connectivity index (χ0n) is 12.2. The van der Waals surface area contributed by atoms with Gasteiger partial charge in [0.05, 0.1) is 23.3 Å². The van der Waals surface area contributed by atoms with E-state index in [0.29, 0.717) is 22.7 Å². The predicted molar refractivity (Wildman–Crippen MR) is 82.0 cm³/mol. The van der Waals surface area contributed by atoms with Crippen molar-refractivity contribution < 1.29 is 14.6 Å². The fourth-order valence-corrected chi connectivity index (χ4v) is 3.69. The van der Waals surface area contributed by atoms with E-state index in [0.717, 1.165) is 30.9 Å². The number of hydrogen-bond donors (Lipinski definition) is 2. The molecule has 0 aliphatic carbocycles. The second-order valence-corrected chi connectivity index (χ2v) is 6.58. The third-order valence-corrected chi connectivity index (χ3v) is 5.11. The van der Waals surface area contributed by atoms with Crippen LogP contribution in [0.2, 0.25) is 0 Å². The number of nitrogens with zero attached hydrogens (tertiary/aromatic N) is 1. The van der Waals surface area contributed by atoms with Crippen molar-refractivity contribution in [2.75, 3.05) is 30.8 Å². The Morgan fingerprint density at radius 1 is 1.45 bits per heavy atom. The van der Waals surface area contributed by atoms with E-state index in [1.165, 1.54) is 18.3 Å². The Kier molecular flexibility index (Phi) is 4.25. The molecule has 0 radical (unpaired) electrons. The Hall–Kier alpha value is -1.27. The highest BCUT2D eigenvalue weighted by Crippen LogP contribution is 2.45. The minimum absolute atomic E-state index is 0.0427. The van der Waals surface area contributed by atoms with Gasteiger partial charge >= 0.3 is 0 Å². The average Bonchev–Trinajstić information content (AvgIpc) is 2.59. The Morgan fingerprint density at radius 3 is 2.75 bits per heavy atom. The molecule has 0 spiro atoms. The molecule has 2 rings (SSSR count). The molecule has 0 aromatic carbocycles. The van der Waals surface area contributed by atoms with E-state index < -0.39 is 5.60 Å². The number of carbonyl (C=O) groups excluding carboxylic acids is 1. The largest absolute Gasteiger partial charge is 0.492 e. The number of nitrogens with two attached hydrogens (primary N) is 1. The molecule has 1 unspecified atom stereocenters. The normalized spacial score (nSPS) is 23.5. The fourth-order valence-electron chi connectivity index (χ4n) is 2.55. The first-order chi connectivity index (χ1) is 9.35. The summed E-state index contributed by atoms with van der Waals surface area (Å²) in [4.78, 5) is 14.3. The Labute approximate surface area is 123 Å². The number of methoxy groups -OCH3 is 1. The molecule has 1 aliphatic rings. The van der Waals surface area contributed by atoms with Gasteiger partial charge in [-0.05, 0) is 26.2 Å². The first-order valence-corrected chi connectivity index (χ1v) is 7.62. The number of thiophene rings is 1. The van der Waals surface area contributed by atoms with Crippen molar-refractivity contribution in [3.8, 4) is 5.75 Å². The Balaban J connectivity index is 2.32. The van der Waals surface area contributed by atoms with Crippen LogP contribution >= 0.6 is 11.3 Å². The van der Waals surface area contributed by atoms with Gasteiger partial charge in [-0.3, -0.25) is 4.79 Å². The maximum atomic E-state index is 11.6. The van der Waals surface area contributed by atoms with Gasteiger partial charge in [-0.15, -0.1) is 11.3 Å². The molecule has 1 atom stereocenters. The molecule has 6 heteroatoms. The van der Waals surface area contributed by atoms with Crippen molar-refractivity contribution in [3.63, 3.8) is 0 Å². The van der Waals surface area contributed by atoms with Gasteiger partial charge in [0.2, 0.25) is 0 Å². The number of ketones is 1. The number of anilines is 2. The van der Waals surface area contributed by atoms with Crippen LogP contribution in [-0.2, 0) is 0 Å². The van der Waals surface area contributed by atoms with Gasteiger partial charge in [-0.2, -0.15) is 0 Å². The zero-order valence-corrected chi connectivity index (χ0v) is 13.0. The van der Waals surface area contributed by atoms with Crippen molar-refractivity contribution >= 4 is 27.8 Å². The Morgan fingerprint density at radius 2 is 2.15 bits per heavy atom. The smallest absolute Gasteiger partial charge is 0.177 e. The summed E-state index contributed by atoms with van der Waals surface area (Å²) in [5.41, 5.74) is 5.81. The second kappa shape index (κ2) is 5.61. The molecule has 0 bridgehead atoms. The number of hydrogen-bond acceptors (Lipinski definition) is 6. The number of rotatable bonds is 3. The quantitative estimate of drug-likeness (QED) is 0.837. The van der Waals surface area contributed by atoms with Crippen LogP contribution in [0.25, 0.3) is 0 Å². The van der Waals surface area contributed by atoms with Crippen LogP contribution < -0.4 is 15.4 Å². The third kappa shape index (κ3) is 2.91. The monoisotopic (exact) mass is 298 g/mol. The van der Waals surface area contributed by atoms with Crippen LogP contribution in [0.1, 0.15) is 42.8 Å². The highest BCUT2D eigenvalue weighted by atomic mass is 32.1. The minimum atomic E-state index is -0.617. The van der Waals surface area contributed by atoms with Crippen LogP contribution in [0.5, 0.6) is 5.75 Å². The summed E-state index contributed by atoms with van der Waals surface area (Å²) in [7, 11) is 1.57. The maximum absolute atomic E-state index is 11.6. The van der Waals surface area contributed by atoms with Crippen molar-refractivity contribution in [2.45, 2.75) is 38.7 Å². The van der Waals surface area contributed by atoms with Gasteiger partial charge in [-0.25, -0.2) is 0 Å². The summed E-state index contributed by atoms with van der Waals surface area (Å²) in [6.07, 6.45) is 2.39. The average molecular weight is 298 g/mol. The standard InChI is InChI=1S/C14H22N2O3S/c1-9(17)12-10(15)11(19-3)13(20-12)16-7-4-5-14(2,18)6-8-16/h18H,4-8,15H2,1-3H3. The molecule has 0 saturated carbocycles. The lowest BCUT2D eigenvalue weighted by atomic mass is 9.98. The molecule has 112 valence electrons. The van der Waals surface area contributed by atoms with E-state index in [1.54, 1.807) is 7.11 Å². The molecule has 5 nitrogen and oxygen atoms in total. The van der Waals surface area contributed by atoms with E-state index in [4.69, 9.17) is 10.5 Å². The van der Waals surface area contributed by atoms with Crippen LogP contribution in [0.3, 0.4) is 0 Å². The summed E-state index contributed by atoms with van der Waals surface area (Å²) in [6.45, 7) is 4.96. The van der Waals surface area contributed by atoms with Crippen LogP contribution in [0.15, 0.2) is 0 Å². The Bertz CT molecular complexity index is 511. The van der Waals surface area contributed by atoms with Crippen molar-refractivity contribution in [1.29, 1.82) is 0 Å². The van der Waals surface area contributed by atoms with Crippen molar-refractivity contribution in [3.05, 3.63) is 4.88 Å². The second-order valence-electron chi connectivity index (χ2n) is 5.58. The summed E-state index contributed by atoms with van der Waals surface area (Å²) >= 11 is 1.38. The molecular formula is C14H22N2O3S. The van der Waals surface area contributed by atoms with E-state index in [-0.39, 0.29) is 5.78 Å². The summed E-state index contributed by atoms with van der Waals surface area (Å²) in [5.74, 6) is 0.542. The van der Waals surface area contributed by atoms with Crippen LogP contribution in [-0.4, -0.2) is 36.7 Å². The van der Waals surface area contributed by atoms with E-state index in [9.17, 15) is 9.90 Å². The van der Waals surface area contributed by atoms with Crippen LogP contribution in [0, 0.1) is 0 Å². The van der Waals surface area contributed by atoms with Gasteiger partial charge in [0.1, 0.15) is 5.00 Å². The van der Waals surface area contributed by atoms with E-state index >= 15 is 0 Å². The topological polar surface area (TPSA) is 75.8 Å². The molecule has 2 heterocycles. The summed E-state index contributed by atoms with van der Waals surface area (Å²) in [5, 5.41) is 11.1. The first kappa shape index (κ1) is 15.1. The predicted octanol–water partition coefficient (Wildman–Crippen LogP) is 2.28. The van der Waals surface area contributed by atoms with Gasteiger partial charge in [0.15, 0.2) is 11.5 Å². The van der Waals surface area contributed by atoms with Crippen molar-refractivity contribution in [2.24, 2.45) is 0 Å². The molecular weight excluding hydrogens is 276 g/mol. The highest BCUT2D eigenvalue weighted by molar-refractivity contribution is 7.19. The molecule has 3 N–H and O–H groups in total. The van der Waals surface area contributed by atoms with Gasteiger partial charge in [0, 0.05) is 20.0 Å². The van der Waals surface area contributed by atoms with E-state index in [1.807, 2.05) is 6.92 Å². The lowest BCUT2D eigenvalue weighted by molar-refractivity contribution is 0.0481. The molecule has 1 aliphatic heterocycles. The van der Waals surface area contributed by atoms with Gasteiger partial charge in [-0.1, -0.05) is 0 Å². The SMILES string of the molecule is COc1c(N2CCCC(C)(O)CC2)sc(C(C)=O)c1N. The van der Waals surface area contributed by atoms with E-state index in [2.05, 4.69) is 4.90 Å². The number of nitrogen functional groups attached to an aromatic ring is 1. The van der Waals surface area contributed by atoms with Gasteiger partial charge in [0.25, 0.3) is 0 Å². The van der Waals surface area contributed by atoms with Crippen molar-refractivity contribution in [1.82, 2.24) is 0 Å². The zero-order chi connectivity index (χ0) is 14.9. The molecule has 1 fully saturated rings. The first-order valence-electron chi connectivity index (χ1n) is 6.80. The number of aliphatic hydroxyl groups is 1. The number of carbonyl (C=O) groups is 1. The minimum Gasteiger partial charge on any atom is -0.492 e. The van der Waals surface area contributed by atoms with Crippen LogP contribution in [0.4, 0.5) is 10.7 Å². The molecule has 0 amide bonds. The summed E-state index contributed by atoms with van der Waals surface area (Å²) in [6, 6.07) is 0. The van der Waals surface area contributed by atoms with Gasteiger partial charge < -0.3 is 20.5 Å². The lowest BCUT2D eigenvalue weighted by Crippen LogP contribution is -2.28. The third-order valence-electron chi connectivity index (χ3n) is 3.76. The summed E-state index contributed by atoms with van der Waals surface area (Å²) < 4.78 is 5.38.